The highest BCUT2D eigenvalue weighted by Crippen LogP contribution is 2.50. The Labute approximate surface area is 115 Å². The summed E-state index contributed by atoms with van der Waals surface area (Å²) in [5.41, 5.74) is 7.73. The third-order valence-corrected chi connectivity index (χ3v) is 4.79. The second-order valence-electron chi connectivity index (χ2n) is 5.71. The van der Waals surface area contributed by atoms with E-state index in [1.807, 2.05) is 0 Å². The van der Waals surface area contributed by atoms with Gasteiger partial charge in [0.25, 0.3) is 0 Å². The third-order valence-electron chi connectivity index (χ3n) is 4.79. The van der Waals surface area contributed by atoms with E-state index in [9.17, 15) is 0 Å². The summed E-state index contributed by atoms with van der Waals surface area (Å²) in [6.07, 6.45) is 3.77. The quantitative estimate of drug-likeness (QED) is 0.879. The van der Waals surface area contributed by atoms with Crippen LogP contribution < -0.4 is 11.1 Å². The van der Waals surface area contributed by atoms with Crippen LogP contribution >= 0.6 is 0 Å². The highest BCUT2D eigenvalue weighted by atomic mass is 14.9. The van der Waals surface area contributed by atoms with E-state index in [-0.39, 0.29) is 5.41 Å². The second kappa shape index (κ2) is 4.95. The molecule has 1 atom stereocenters. The minimum absolute atomic E-state index is 0.249. The van der Waals surface area contributed by atoms with Gasteiger partial charge in [0.2, 0.25) is 0 Å². The van der Waals surface area contributed by atoms with Crippen molar-refractivity contribution < 1.29 is 0 Å². The SMILES string of the molecule is CNC(c1cccc2ccccc12)C1(CN)CCC1. The Morgan fingerprint density at radius 3 is 2.53 bits per heavy atom. The Balaban J connectivity index is 2.11. The monoisotopic (exact) mass is 254 g/mol. The molecule has 0 amide bonds. The van der Waals surface area contributed by atoms with Crippen LogP contribution in [0.3, 0.4) is 0 Å². The Bertz CT molecular complexity index is 561. The predicted molar refractivity (Wildman–Crippen MR) is 81.1 cm³/mol. The van der Waals surface area contributed by atoms with E-state index in [4.69, 9.17) is 5.73 Å². The number of benzene rings is 2. The fourth-order valence-electron chi connectivity index (χ4n) is 3.54. The van der Waals surface area contributed by atoms with Gasteiger partial charge in [0.15, 0.2) is 0 Å². The van der Waals surface area contributed by atoms with E-state index in [2.05, 4.69) is 54.8 Å². The van der Waals surface area contributed by atoms with Crippen LogP contribution in [0.5, 0.6) is 0 Å². The normalized spacial score (nSPS) is 19.1. The van der Waals surface area contributed by atoms with Crippen LogP contribution in [0.2, 0.25) is 0 Å². The Morgan fingerprint density at radius 2 is 1.89 bits per heavy atom. The lowest BCUT2D eigenvalue weighted by atomic mass is 9.62. The minimum Gasteiger partial charge on any atom is -0.330 e. The topological polar surface area (TPSA) is 38.0 Å². The average molecular weight is 254 g/mol. The van der Waals surface area contributed by atoms with Gasteiger partial charge in [0.1, 0.15) is 0 Å². The molecule has 0 aliphatic heterocycles. The number of hydrogen-bond acceptors (Lipinski definition) is 2. The number of nitrogens with one attached hydrogen (secondary N) is 1. The third kappa shape index (κ3) is 1.96. The molecule has 2 aromatic rings. The standard InChI is InChI=1S/C17H22N2/c1-19-16(17(12-18)10-5-11-17)15-9-4-7-13-6-2-3-8-14(13)15/h2-4,6-9,16,19H,5,10-12,18H2,1H3. The summed E-state index contributed by atoms with van der Waals surface area (Å²) in [4.78, 5) is 0. The van der Waals surface area contributed by atoms with Crippen molar-refractivity contribution in [2.45, 2.75) is 25.3 Å². The van der Waals surface area contributed by atoms with Crippen molar-refractivity contribution in [1.29, 1.82) is 0 Å². The molecule has 0 aromatic heterocycles. The fourth-order valence-corrected chi connectivity index (χ4v) is 3.54. The van der Waals surface area contributed by atoms with E-state index in [1.54, 1.807) is 0 Å². The molecule has 0 spiro atoms. The molecule has 1 fully saturated rings. The molecule has 0 radical (unpaired) electrons. The molecule has 1 aliphatic rings. The first-order chi connectivity index (χ1) is 9.30. The lowest BCUT2D eigenvalue weighted by molar-refractivity contribution is 0.0887. The molecular weight excluding hydrogens is 232 g/mol. The van der Waals surface area contributed by atoms with Gasteiger partial charge in [-0.05, 0) is 42.8 Å². The lowest BCUT2D eigenvalue weighted by Gasteiger charge is -2.47. The average Bonchev–Trinajstić information content (AvgIpc) is 2.42. The smallest absolute Gasteiger partial charge is 0.0393 e. The van der Waals surface area contributed by atoms with Crippen LogP contribution in [-0.2, 0) is 0 Å². The van der Waals surface area contributed by atoms with Gasteiger partial charge >= 0.3 is 0 Å². The molecule has 1 unspecified atom stereocenters. The fraction of sp³-hybridized carbons (Fsp3) is 0.412. The summed E-state index contributed by atoms with van der Waals surface area (Å²) < 4.78 is 0. The first-order valence-corrected chi connectivity index (χ1v) is 7.16. The van der Waals surface area contributed by atoms with Gasteiger partial charge in [-0.2, -0.15) is 0 Å². The number of fused-ring (bicyclic) bond motifs is 1. The van der Waals surface area contributed by atoms with Crippen molar-refractivity contribution in [3.63, 3.8) is 0 Å². The van der Waals surface area contributed by atoms with Crippen LogP contribution in [-0.4, -0.2) is 13.6 Å². The summed E-state index contributed by atoms with van der Waals surface area (Å²) in [7, 11) is 2.06. The molecule has 19 heavy (non-hydrogen) atoms. The number of rotatable bonds is 4. The van der Waals surface area contributed by atoms with Crippen LogP contribution in [0.4, 0.5) is 0 Å². The molecule has 0 saturated heterocycles. The zero-order valence-electron chi connectivity index (χ0n) is 11.5. The van der Waals surface area contributed by atoms with Crippen molar-refractivity contribution in [3.05, 3.63) is 48.0 Å². The van der Waals surface area contributed by atoms with E-state index >= 15 is 0 Å². The zero-order chi connectivity index (χ0) is 13.3. The molecule has 0 heterocycles. The molecular formula is C17H22N2. The van der Waals surface area contributed by atoms with Gasteiger partial charge in [-0.15, -0.1) is 0 Å². The first kappa shape index (κ1) is 12.6. The second-order valence-corrected chi connectivity index (χ2v) is 5.71. The van der Waals surface area contributed by atoms with Gasteiger partial charge in [-0.25, -0.2) is 0 Å². The van der Waals surface area contributed by atoms with Crippen LogP contribution in [0, 0.1) is 5.41 Å². The highest BCUT2D eigenvalue weighted by Gasteiger charge is 2.43. The molecule has 3 rings (SSSR count). The Kier molecular flexibility index (Phi) is 3.29. The zero-order valence-corrected chi connectivity index (χ0v) is 11.5. The summed E-state index contributed by atoms with van der Waals surface area (Å²) in [5, 5.41) is 6.19. The lowest BCUT2D eigenvalue weighted by Crippen LogP contribution is -2.47. The van der Waals surface area contributed by atoms with Gasteiger partial charge in [-0.3, -0.25) is 0 Å². The number of nitrogens with two attached hydrogens (primary N) is 1. The summed E-state index contributed by atoms with van der Waals surface area (Å²) in [6, 6.07) is 15.6. The van der Waals surface area contributed by atoms with Crippen molar-refractivity contribution >= 4 is 10.8 Å². The van der Waals surface area contributed by atoms with E-state index in [0.29, 0.717) is 6.04 Å². The molecule has 0 bridgehead atoms. The van der Waals surface area contributed by atoms with Gasteiger partial charge in [0, 0.05) is 11.5 Å². The van der Waals surface area contributed by atoms with Crippen molar-refractivity contribution in [2.75, 3.05) is 13.6 Å². The molecule has 100 valence electrons. The minimum atomic E-state index is 0.249. The first-order valence-electron chi connectivity index (χ1n) is 7.16. The maximum absolute atomic E-state index is 6.09. The summed E-state index contributed by atoms with van der Waals surface area (Å²) >= 11 is 0. The number of hydrogen-bond donors (Lipinski definition) is 2. The Hall–Kier alpha value is -1.38. The van der Waals surface area contributed by atoms with Gasteiger partial charge < -0.3 is 11.1 Å². The van der Waals surface area contributed by atoms with Crippen LogP contribution in [0.15, 0.2) is 42.5 Å². The van der Waals surface area contributed by atoms with Gasteiger partial charge in [-0.1, -0.05) is 48.9 Å². The van der Waals surface area contributed by atoms with E-state index < -0.39 is 0 Å². The molecule has 3 N–H and O–H groups in total. The summed E-state index contributed by atoms with van der Waals surface area (Å²) in [6.45, 7) is 0.766. The molecule has 2 nitrogen and oxygen atoms in total. The van der Waals surface area contributed by atoms with E-state index in [1.165, 1.54) is 35.6 Å². The van der Waals surface area contributed by atoms with Crippen LogP contribution in [0.25, 0.3) is 10.8 Å². The molecule has 2 heteroatoms. The van der Waals surface area contributed by atoms with Crippen molar-refractivity contribution in [3.8, 4) is 0 Å². The van der Waals surface area contributed by atoms with Gasteiger partial charge in [0.05, 0.1) is 0 Å². The van der Waals surface area contributed by atoms with Crippen molar-refractivity contribution in [2.24, 2.45) is 11.1 Å². The predicted octanol–water partition coefficient (Wildman–Crippen LogP) is 3.23. The molecule has 1 aliphatic carbocycles. The highest BCUT2D eigenvalue weighted by molar-refractivity contribution is 5.86. The molecule has 2 aromatic carbocycles. The molecule has 1 saturated carbocycles. The maximum Gasteiger partial charge on any atom is 0.0393 e. The van der Waals surface area contributed by atoms with Crippen LogP contribution in [0.1, 0.15) is 30.9 Å². The maximum atomic E-state index is 6.09. The summed E-state index contributed by atoms with van der Waals surface area (Å²) in [5.74, 6) is 0. The Morgan fingerprint density at radius 1 is 1.16 bits per heavy atom. The van der Waals surface area contributed by atoms with Crippen molar-refractivity contribution in [1.82, 2.24) is 5.32 Å². The van der Waals surface area contributed by atoms with E-state index in [0.717, 1.165) is 6.54 Å². The largest absolute Gasteiger partial charge is 0.330 e.